The van der Waals surface area contributed by atoms with E-state index in [-0.39, 0.29) is 6.10 Å². The van der Waals surface area contributed by atoms with Crippen LogP contribution in [-0.2, 0) is 4.43 Å². The van der Waals surface area contributed by atoms with Crippen LogP contribution in [0.5, 0.6) is 0 Å². The minimum atomic E-state index is -1.75. The van der Waals surface area contributed by atoms with Gasteiger partial charge in [-0.2, -0.15) is 5.19 Å². The molecule has 0 bridgehead atoms. The van der Waals surface area contributed by atoms with Crippen molar-refractivity contribution in [3.8, 4) is 0 Å². The second-order valence-electron chi connectivity index (χ2n) is 6.08. The van der Waals surface area contributed by atoms with Crippen molar-refractivity contribution in [3.63, 3.8) is 0 Å². The summed E-state index contributed by atoms with van der Waals surface area (Å²) < 4.78 is 6.43. The first-order valence-corrected chi connectivity index (χ1v) is 9.94. The molecule has 3 heteroatoms. The fourth-order valence-corrected chi connectivity index (χ4v) is 5.28. The summed E-state index contributed by atoms with van der Waals surface area (Å²) in [6.45, 7) is 4.56. The van der Waals surface area contributed by atoms with E-state index < -0.39 is 8.32 Å². The van der Waals surface area contributed by atoms with Gasteiger partial charge >= 0.3 is 0 Å². The lowest BCUT2D eigenvalue weighted by Crippen LogP contribution is -2.39. The first kappa shape index (κ1) is 13.4. The monoisotopic (exact) mass is 283 g/mol. The molecule has 105 valence electrons. The SMILES string of the molecule is CN(C)c1ccc(C2O[Si-](C)(C)c3ccccc32)cc1. The molecule has 0 aliphatic carbocycles. The Bertz CT molecular complexity index is 619. The Morgan fingerprint density at radius 3 is 2.25 bits per heavy atom. The van der Waals surface area contributed by atoms with Gasteiger partial charge in [-0.15, -0.1) is 13.1 Å². The number of hydrogen-bond donors (Lipinski definition) is 0. The maximum absolute atomic E-state index is 6.43. The van der Waals surface area contributed by atoms with E-state index in [1.165, 1.54) is 22.0 Å². The molecule has 0 aromatic heterocycles. The molecule has 0 saturated carbocycles. The molecule has 0 fully saturated rings. The summed E-state index contributed by atoms with van der Waals surface area (Å²) in [5, 5.41) is 1.43. The van der Waals surface area contributed by atoms with Gasteiger partial charge in [0.15, 0.2) is 0 Å². The van der Waals surface area contributed by atoms with Gasteiger partial charge in [-0.1, -0.05) is 36.4 Å². The summed E-state index contributed by atoms with van der Waals surface area (Å²) in [6, 6.07) is 17.4. The summed E-state index contributed by atoms with van der Waals surface area (Å²) in [5.74, 6) is 0. The molecule has 2 aromatic rings. The largest absolute Gasteiger partial charge is 0.552 e. The van der Waals surface area contributed by atoms with E-state index in [9.17, 15) is 0 Å². The second kappa shape index (κ2) is 4.76. The van der Waals surface area contributed by atoms with E-state index in [2.05, 4.69) is 80.6 Å². The van der Waals surface area contributed by atoms with Crippen LogP contribution in [0, 0.1) is 0 Å². The average Bonchev–Trinajstić information content (AvgIpc) is 2.72. The number of anilines is 1. The minimum absolute atomic E-state index is 0.101. The molecule has 20 heavy (non-hydrogen) atoms. The van der Waals surface area contributed by atoms with Crippen LogP contribution in [0.3, 0.4) is 0 Å². The topological polar surface area (TPSA) is 12.5 Å². The highest BCUT2D eigenvalue weighted by molar-refractivity contribution is 6.85. The van der Waals surface area contributed by atoms with Crippen molar-refractivity contribution < 1.29 is 4.43 Å². The Morgan fingerprint density at radius 1 is 0.950 bits per heavy atom. The lowest BCUT2D eigenvalue weighted by molar-refractivity contribution is 0.259. The fraction of sp³-hybridized carbons (Fsp3) is 0.294. The summed E-state index contributed by atoms with van der Waals surface area (Å²) >= 11 is 0. The molecule has 3 rings (SSSR count). The van der Waals surface area contributed by atoms with Crippen molar-refractivity contribution in [2.24, 2.45) is 0 Å². The van der Waals surface area contributed by atoms with Gasteiger partial charge in [0.1, 0.15) is 0 Å². The lowest BCUT2D eigenvalue weighted by atomic mass is 10.0. The van der Waals surface area contributed by atoms with Crippen molar-refractivity contribution in [2.75, 3.05) is 19.0 Å². The van der Waals surface area contributed by atoms with Crippen LogP contribution in [0.15, 0.2) is 48.5 Å². The molecule has 1 atom stereocenters. The molecule has 1 heterocycles. The smallest absolute Gasteiger partial charge is 0.0653 e. The molecule has 2 aromatic carbocycles. The highest BCUT2D eigenvalue weighted by Crippen LogP contribution is 2.35. The Morgan fingerprint density at radius 2 is 1.60 bits per heavy atom. The highest BCUT2D eigenvalue weighted by Gasteiger charge is 2.30. The van der Waals surface area contributed by atoms with Gasteiger partial charge in [-0.25, -0.2) is 0 Å². The van der Waals surface area contributed by atoms with Crippen LogP contribution in [0.4, 0.5) is 5.69 Å². The van der Waals surface area contributed by atoms with E-state index in [4.69, 9.17) is 4.43 Å². The summed E-state index contributed by atoms with van der Waals surface area (Å²) in [5.41, 5.74) is 3.82. The third-order valence-corrected chi connectivity index (χ3v) is 6.59. The standard InChI is InChI=1S/C17H21NOSi/c1-18(2)14-11-9-13(10-12-14)17-15-7-5-6-8-16(15)20(3,4)19-17/h5-12,17H,1-4H3/q-1. The lowest BCUT2D eigenvalue weighted by Gasteiger charge is -2.31. The maximum Gasteiger partial charge on any atom is 0.0653 e. The van der Waals surface area contributed by atoms with Gasteiger partial charge in [0.25, 0.3) is 0 Å². The zero-order chi connectivity index (χ0) is 14.3. The van der Waals surface area contributed by atoms with Crippen LogP contribution < -0.4 is 10.1 Å². The van der Waals surface area contributed by atoms with E-state index in [1.54, 1.807) is 0 Å². The van der Waals surface area contributed by atoms with Gasteiger partial charge in [0.05, 0.1) is 6.10 Å². The van der Waals surface area contributed by atoms with Crippen molar-refractivity contribution in [3.05, 3.63) is 59.7 Å². The normalized spacial score (nSPS) is 19.7. The third-order valence-electron chi connectivity index (χ3n) is 4.02. The maximum atomic E-state index is 6.43. The van der Waals surface area contributed by atoms with E-state index in [1.807, 2.05) is 0 Å². The molecular weight excluding hydrogens is 262 g/mol. The predicted molar refractivity (Wildman–Crippen MR) is 87.3 cm³/mol. The van der Waals surface area contributed by atoms with E-state index >= 15 is 0 Å². The zero-order valence-electron chi connectivity index (χ0n) is 12.6. The van der Waals surface area contributed by atoms with Crippen LogP contribution in [-0.4, -0.2) is 22.4 Å². The van der Waals surface area contributed by atoms with Gasteiger partial charge in [0, 0.05) is 28.1 Å². The van der Waals surface area contributed by atoms with Crippen LogP contribution in [0.2, 0.25) is 13.1 Å². The highest BCUT2D eigenvalue weighted by atomic mass is 28.4. The number of fused-ring (bicyclic) bond motifs is 1. The molecule has 0 spiro atoms. The number of rotatable bonds is 2. The number of benzene rings is 2. The molecular formula is C17H21NOSi-. The van der Waals surface area contributed by atoms with Crippen molar-refractivity contribution in [2.45, 2.75) is 19.2 Å². The second-order valence-corrected chi connectivity index (χ2v) is 9.88. The summed E-state index contributed by atoms with van der Waals surface area (Å²) in [7, 11) is 2.37. The first-order valence-electron chi connectivity index (χ1n) is 7.03. The Labute approximate surface area is 122 Å². The Kier molecular flexibility index (Phi) is 3.19. The first-order chi connectivity index (χ1) is 9.49. The fourth-order valence-electron chi connectivity index (χ4n) is 2.89. The molecule has 2 nitrogen and oxygen atoms in total. The van der Waals surface area contributed by atoms with E-state index in [0.717, 1.165) is 0 Å². The number of nitrogens with zero attached hydrogens (tertiary/aromatic N) is 1. The van der Waals surface area contributed by atoms with Gasteiger partial charge in [-0.05, 0) is 23.3 Å². The third kappa shape index (κ3) is 2.17. The molecule has 0 N–H and O–H groups in total. The van der Waals surface area contributed by atoms with Crippen molar-refractivity contribution >= 4 is 19.2 Å². The van der Waals surface area contributed by atoms with E-state index in [0.29, 0.717) is 0 Å². The zero-order valence-corrected chi connectivity index (χ0v) is 13.6. The summed E-state index contributed by atoms with van der Waals surface area (Å²) in [4.78, 5) is 2.12. The molecule has 0 radical (unpaired) electrons. The minimum Gasteiger partial charge on any atom is -0.552 e. The molecule has 0 amide bonds. The molecule has 1 aliphatic rings. The van der Waals surface area contributed by atoms with Gasteiger partial charge in [0.2, 0.25) is 0 Å². The Balaban J connectivity index is 2.00. The quantitative estimate of drug-likeness (QED) is 0.784. The van der Waals surface area contributed by atoms with Gasteiger partial charge < -0.3 is 9.33 Å². The van der Waals surface area contributed by atoms with Crippen LogP contribution >= 0.6 is 0 Å². The van der Waals surface area contributed by atoms with Crippen molar-refractivity contribution in [1.29, 1.82) is 0 Å². The molecule has 0 saturated heterocycles. The number of hydrogen-bond acceptors (Lipinski definition) is 2. The van der Waals surface area contributed by atoms with Crippen LogP contribution in [0.1, 0.15) is 17.2 Å². The molecule has 1 unspecified atom stereocenters. The van der Waals surface area contributed by atoms with Crippen LogP contribution in [0.25, 0.3) is 0 Å². The average molecular weight is 283 g/mol. The molecule has 1 aliphatic heterocycles. The summed E-state index contributed by atoms with van der Waals surface area (Å²) in [6.07, 6.45) is 0.101. The van der Waals surface area contributed by atoms with Crippen molar-refractivity contribution in [1.82, 2.24) is 0 Å². The predicted octanol–water partition coefficient (Wildman–Crippen LogP) is 3.28. The van der Waals surface area contributed by atoms with Gasteiger partial charge in [-0.3, -0.25) is 0 Å². The Hall–Kier alpha value is -1.58.